The van der Waals surface area contributed by atoms with E-state index >= 15 is 0 Å². The maximum absolute atomic E-state index is 12.9. The molecule has 0 unspecified atom stereocenters. The van der Waals surface area contributed by atoms with E-state index in [2.05, 4.69) is 10.5 Å². The molecule has 31 heavy (non-hydrogen) atoms. The van der Waals surface area contributed by atoms with Gasteiger partial charge in [-0.3, -0.25) is 14.4 Å². The fourth-order valence-corrected chi connectivity index (χ4v) is 4.13. The number of amides is 2. The van der Waals surface area contributed by atoms with Gasteiger partial charge in [0.15, 0.2) is 0 Å². The zero-order valence-corrected chi connectivity index (χ0v) is 18.1. The zero-order valence-electron chi connectivity index (χ0n) is 18.1. The second-order valence-electron chi connectivity index (χ2n) is 8.15. The molecule has 1 atom stereocenters. The van der Waals surface area contributed by atoms with E-state index in [1.165, 1.54) is 0 Å². The summed E-state index contributed by atoms with van der Waals surface area (Å²) in [5, 5.41) is 4.04. The van der Waals surface area contributed by atoms with Crippen LogP contribution in [0, 0.1) is 5.41 Å². The molecule has 2 heterocycles. The highest BCUT2D eigenvalue weighted by Crippen LogP contribution is 2.36. The average molecular weight is 426 g/mol. The summed E-state index contributed by atoms with van der Waals surface area (Å²) in [6.07, 6.45) is 7.88. The molecule has 3 rings (SSSR count). The van der Waals surface area contributed by atoms with Gasteiger partial charge < -0.3 is 9.64 Å². The molecule has 0 saturated carbocycles. The van der Waals surface area contributed by atoms with Gasteiger partial charge in [0.1, 0.15) is 0 Å². The van der Waals surface area contributed by atoms with Crippen LogP contribution >= 0.6 is 0 Å². The number of carbonyl (C=O) groups excluding carboxylic acids is 3. The van der Waals surface area contributed by atoms with Crippen LogP contribution in [-0.4, -0.2) is 48.1 Å². The van der Waals surface area contributed by atoms with Crippen molar-refractivity contribution in [1.29, 1.82) is 0 Å². The molecule has 2 amide bonds. The number of benzene rings is 1. The molecular weight excluding hydrogens is 394 g/mol. The third-order valence-electron chi connectivity index (χ3n) is 5.86. The second-order valence-corrected chi connectivity index (χ2v) is 8.15. The Morgan fingerprint density at radius 3 is 2.77 bits per heavy atom. The van der Waals surface area contributed by atoms with Crippen molar-refractivity contribution in [3.8, 4) is 0 Å². The molecule has 0 bridgehead atoms. The van der Waals surface area contributed by atoms with Crippen molar-refractivity contribution in [2.75, 3.05) is 19.7 Å². The third kappa shape index (κ3) is 6.26. The standard InChI is InChI=1S/C24H31N3O4/c1-2-31-23(30)24(15-6-10-19-8-4-3-5-9-19)16-7-17-27(18-24)22(29)14-12-20-11-13-21(28)26-25-20/h3-6,8-10H,2,7,11-18H2,1H3,(H,26,28)/b10-6+/t24-/m0/s1. The summed E-state index contributed by atoms with van der Waals surface area (Å²) < 4.78 is 5.41. The van der Waals surface area contributed by atoms with Crippen LogP contribution in [-0.2, 0) is 19.1 Å². The summed E-state index contributed by atoms with van der Waals surface area (Å²) in [4.78, 5) is 38.8. The first-order valence-corrected chi connectivity index (χ1v) is 11.0. The van der Waals surface area contributed by atoms with Crippen LogP contribution in [0.5, 0.6) is 0 Å². The molecule has 1 aromatic rings. The lowest BCUT2D eigenvalue weighted by Gasteiger charge is -2.40. The van der Waals surface area contributed by atoms with Gasteiger partial charge in [-0.25, -0.2) is 5.43 Å². The van der Waals surface area contributed by atoms with E-state index in [0.717, 1.165) is 17.7 Å². The van der Waals surface area contributed by atoms with Crippen molar-refractivity contribution in [2.24, 2.45) is 10.5 Å². The number of esters is 1. The summed E-state index contributed by atoms with van der Waals surface area (Å²) in [5.74, 6) is -0.307. The summed E-state index contributed by atoms with van der Waals surface area (Å²) >= 11 is 0. The minimum Gasteiger partial charge on any atom is -0.466 e. The van der Waals surface area contributed by atoms with Gasteiger partial charge in [-0.15, -0.1) is 0 Å². The fraction of sp³-hybridized carbons (Fsp3) is 0.500. The molecule has 1 saturated heterocycles. The number of rotatable bonds is 8. The minimum atomic E-state index is -0.717. The SMILES string of the molecule is CCOC(=O)[C@@]1(C/C=C/c2ccccc2)CCCN(C(=O)CCC2=NNC(=O)CC2)C1. The molecule has 0 aliphatic carbocycles. The molecule has 166 valence electrons. The molecule has 0 aromatic heterocycles. The van der Waals surface area contributed by atoms with E-state index in [1.54, 1.807) is 11.8 Å². The van der Waals surface area contributed by atoms with Crippen molar-refractivity contribution < 1.29 is 19.1 Å². The van der Waals surface area contributed by atoms with Crippen molar-refractivity contribution in [2.45, 2.75) is 51.9 Å². The molecule has 1 aromatic carbocycles. The molecular formula is C24H31N3O4. The van der Waals surface area contributed by atoms with Crippen LogP contribution in [0.15, 0.2) is 41.5 Å². The topological polar surface area (TPSA) is 88.1 Å². The average Bonchev–Trinajstić information content (AvgIpc) is 2.79. The number of hydrazone groups is 1. The first kappa shape index (κ1) is 22.7. The Hall–Kier alpha value is -2.96. The van der Waals surface area contributed by atoms with E-state index < -0.39 is 5.41 Å². The van der Waals surface area contributed by atoms with Gasteiger partial charge in [-0.1, -0.05) is 42.5 Å². The zero-order chi connectivity index (χ0) is 22.1. The Balaban J connectivity index is 1.65. The van der Waals surface area contributed by atoms with E-state index in [-0.39, 0.29) is 17.8 Å². The van der Waals surface area contributed by atoms with Gasteiger partial charge in [0, 0.05) is 31.6 Å². The molecule has 2 aliphatic heterocycles. The number of allylic oxidation sites excluding steroid dienone is 1. The Bertz CT molecular complexity index is 850. The van der Waals surface area contributed by atoms with Crippen molar-refractivity contribution in [3.63, 3.8) is 0 Å². The summed E-state index contributed by atoms with van der Waals surface area (Å²) in [6, 6.07) is 9.95. The van der Waals surface area contributed by atoms with Crippen LogP contribution < -0.4 is 5.43 Å². The number of nitrogens with zero attached hydrogens (tertiary/aromatic N) is 2. The lowest BCUT2D eigenvalue weighted by molar-refractivity contribution is -0.160. The van der Waals surface area contributed by atoms with E-state index in [9.17, 15) is 14.4 Å². The number of likely N-dealkylation sites (tertiary alicyclic amines) is 1. The fourth-order valence-electron chi connectivity index (χ4n) is 4.13. The van der Waals surface area contributed by atoms with Crippen molar-refractivity contribution >= 4 is 29.6 Å². The lowest BCUT2D eigenvalue weighted by Crippen LogP contribution is -2.50. The van der Waals surface area contributed by atoms with Gasteiger partial charge in [0.05, 0.1) is 12.0 Å². The van der Waals surface area contributed by atoms with Gasteiger partial charge in [0.2, 0.25) is 11.8 Å². The minimum absolute atomic E-state index is 0.0139. The summed E-state index contributed by atoms with van der Waals surface area (Å²) in [6.45, 7) is 3.14. The Morgan fingerprint density at radius 2 is 2.06 bits per heavy atom. The van der Waals surface area contributed by atoms with E-state index in [0.29, 0.717) is 58.2 Å². The summed E-state index contributed by atoms with van der Waals surface area (Å²) in [7, 11) is 0. The quantitative estimate of drug-likeness (QED) is 0.647. The van der Waals surface area contributed by atoms with Crippen molar-refractivity contribution in [3.05, 3.63) is 42.0 Å². The molecule has 0 radical (unpaired) electrons. The molecule has 1 fully saturated rings. The van der Waals surface area contributed by atoms with Gasteiger partial charge in [-0.05, 0) is 44.6 Å². The van der Waals surface area contributed by atoms with Gasteiger partial charge in [0.25, 0.3) is 0 Å². The molecule has 7 nitrogen and oxygen atoms in total. The first-order chi connectivity index (χ1) is 15.0. The monoisotopic (exact) mass is 425 g/mol. The van der Waals surface area contributed by atoms with Gasteiger partial charge >= 0.3 is 5.97 Å². The number of hydrogen-bond acceptors (Lipinski definition) is 5. The first-order valence-electron chi connectivity index (χ1n) is 11.0. The number of ether oxygens (including phenoxy) is 1. The van der Waals surface area contributed by atoms with Gasteiger partial charge in [-0.2, -0.15) is 5.10 Å². The number of hydrogen-bond donors (Lipinski definition) is 1. The maximum atomic E-state index is 12.9. The second kappa shape index (κ2) is 10.9. The smallest absolute Gasteiger partial charge is 0.314 e. The Morgan fingerprint density at radius 1 is 1.26 bits per heavy atom. The lowest BCUT2D eigenvalue weighted by atomic mass is 9.76. The van der Waals surface area contributed by atoms with Crippen LogP contribution in [0.4, 0.5) is 0 Å². The van der Waals surface area contributed by atoms with E-state index in [4.69, 9.17) is 4.74 Å². The summed E-state index contributed by atoms with van der Waals surface area (Å²) in [5.41, 5.74) is 3.67. The highest BCUT2D eigenvalue weighted by atomic mass is 16.5. The Kier molecular flexibility index (Phi) is 7.98. The normalized spacial score (nSPS) is 21.5. The highest BCUT2D eigenvalue weighted by Gasteiger charge is 2.43. The predicted octanol–water partition coefficient (Wildman–Crippen LogP) is 3.31. The Labute approximate surface area is 183 Å². The third-order valence-corrected chi connectivity index (χ3v) is 5.86. The molecule has 1 N–H and O–H groups in total. The van der Waals surface area contributed by atoms with Crippen LogP contribution in [0.25, 0.3) is 6.08 Å². The number of nitrogens with one attached hydrogen (secondary N) is 1. The van der Waals surface area contributed by atoms with Crippen LogP contribution in [0.1, 0.15) is 57.4 Å². The van der Waals surface area contributed by atoms with Crippen molar-refractivity contribution in [1.82, 2.24) is 10.3 Å². The molecule has 7 heteroatoms. The maximum Gasteiger partial charge on any atom is 0.314 e. The molecule has 2 aliphatic rings. The predicted molar refractivity (Wildman–Crippen MR) is 119 cm³/mol. The van der Waals surface area contributed by atoms with Crippen LogP contribution in [0.2, 0.25) is 0 Å². The number of carbonyl (C=O) groups is 3. The van der Waals surface area contributed by atoms with E-state index in [1.807, 2.05) is 42.5 Å². The molecule has 0 spiro atoms. The van der Waals surface area contributed by atoms with Crippen LogP contribution in [0.3, 0.4) is 0 Å². The highest BCUT2D eigenvalue weighted by molar-refractivity contribution is 5.94. The number of piperidine rings is 1. The largest absolute Gasteiger partial charge is 0.466 e.